The number of carbonyl (C=O) groups excluding carboxylic acids is 2. The summed E-state index contributed by atoms with van der Waals surface area (Å²) in [6, 6.07) is 5.46. The molecule has 0 radical (unpaired) electrons. The normalized spacial score (nSPS) is 16.0. The highest BCUT2D eigenvalue weighted by Gasteiger charge is 2.32. The van der Waals surface area contributed by atoms with Crippen molar-refractivity contribution in [1.82, 2.24) is 24.8 Å². The third-order valence-electron chi connectivity index (χ3n) is 5.34. The van der Waals surface area contributed by atoms with Crippen LogP contribution < -0.4 is 11.0 Å². The van der Waals surface area contributed by atoms with Crippen molar-refractivity contribution >= 4 is 33.4 Å². The number of hydrogen-bond donors (Lipinski definition) is 1. The molecule has 0 aromatic carbocycles. The maximum atomic E-state index is 12.9. The summed E-state index contributed by atoms with van der Waals surface area (Å²) in [4.78, 5) is 48.7. The van der Waals surface area contributed by atoms with Gasteiger partial charge in [0.15, 0.2) is 0 Å². The van der Waals surface area contributed by atoms with Crippen molar-refractivity contribution in [2.75, 3.05) is 33.4 Å². The van der Waals surface area contributed by atoms with Crippen LogP contribution in [0.25, 0.3) is 10.2 Å². The van der Waals surface area contributed by atoms with E-state index in [0.717, 1.165) is 22.2 Å². The van der Waals surface area contributed by atoms with Crippen molar-refractivity contribution in [3.8, 4) is 0 Å². The minimum Gasteiger partial charge on any atom is -0.383 e. The number of nitrogens with zero attached hydrogens (tertiary/aromatic N) is 4. The first-order valence-corrected chi connectivity index (χ1v) is 10.8. The molecular formula is C21H23N5O4S. The van der Waals surface area contributed by atoms with Gasteiger partial charge in [0.1, 0.15) is 11.4 Å². The van der Waals surface area contributed by atoms with Gasteiger partial charge in [-0.3, -0.25) is 14.2 Å². The SMILES string of the molecule is COCCNC(=O)c1sc2ncccc2c1[C@@H]1CCN(C(=O)Cn2cccnc2=O)C1. The third-order valence-corrected chi connectivity index (χ3v) is 6.47. The maximum absolute atomic E-state index is 12.9. The predicted octanol–water partition coefficient (Wildman–Crippen LogP) is 1.25. The van der Waals surface area contributed by atoms with Crippen LogP contribution in [0.3, 0.4) is 0 Å². The quantitative estimate of drug-likeness (QED) is 0.553. The molecule has 162 valence electrons. The van der Waals surface area contributed by atoms with Crippen LogP contribution in [0.5, 0.6) is 0 Å². The van der Waals surface area contributed by atoms with E-state index in [1.165, 1.54) is 22.1 Å². The molecule has 4 rings (SSSR count). The Morgan fingerprint density at radius 3 is 2.94 bits per heavy atom. The van der Waals surface area contributed by atoms with Crippen LogP contribution in [-0.4, -0.2) is 64.6 Å². The van der Waals surface area contributed by atoms with Crippen molar-refractivity contribution in [3.63, 3.8) is 0 Å². The second-order valence-electron chi connectivity index (χ2n) is 7.31. The van der Waals surface area contributed by atoms with Gasteiger partial charge in [-0.1, -0.05) is 6.07 Å². The molecule has 1 aliphatic rings. The van der Waals surface area contributed by atoms with Crippen molar-refractivity contribution in [1.29, 1.82) is 0 Å². The zero-order valence-electron chi connectivity index (χ0n) is 17.1. The number of aromatic nitrogens is 3. The molecule has 0 saturated carbocycles. The molecule has 1 atom stereocenters. The zero-order valence-corrected chi connectivity index (χ0v) is 17.9. The highest BCUT2D eigenvalue weighted by molar-refractivity contribution is 7.20. The number of likely N-dealkylation sites (tertiary alicyclic amines) is 1. The lowest BCUT2D eigenvalue weighted by Crippen LogP contribution is -2.35. The zero-order chi connectivity index (χ0) is 21.8. The number of hydrogen-bond acceptors (Lipinski definition) is 7. The smallest absolute Gasteiger partial charge is 0.347 e. The Labute approximate surface area is 182 Å². The molecule has 1 N–H and O–H groups in total. The first-order chi connectivity index (χ1) is 15.1. The van der Waals surface area contributed by atoms with Gasteiger partial charge >= 0.3 is 5.69 Å². The molecule has 1 saturated heterocycles. The Kier molecular flexibility index (Phi) is 6.38. The van der Waals surface area contributed by atoms with E-state index in [1.807, 2.05) is 12.1 Å². The number of fused-ring (bicyclic) bond motifs is 1. The highest BCUT2D eigenvalue weighted by Crippen LogP contribution is 2.39. The molecule has 0 bridgehead atoms. The molecule has 3 aromatic rings. The molecule has 0 aliphatic carbocycles. The van der Waals surface area contributed by atoms with Crippen LogP contribution in [0.4, 0.5) is 0 Å². The number of pyridine rings is 1. The summed E-state index contributed by atoms with van der Waals surface area (Å²) in [6.07, 6.45) is 5.42. The minimum absolute atomic E-state index is 0.0238. The van der Waals surface area contributed by atoms with E-state index in [1.54, 1.807) is 30.5 Å². The number of nitrogens with one attached hydrogen (secondary N) is 1. The predicted molar refractivity (Wildman–Crippen MR) is 116 cm³/mol. The van der Waals surface area contributed by atoms with Gasteiger partial charge in [-0.25, -0.2) is 14.8 Å². The molecular weight excluding hydrogens is 418 g/mol. The fourth-order valence-corrected chi connectivity index (χ4v) is 4.99. The van der Waals surface area contributed by atoms with Crippen LogP contribution in [0.1, 0.15) is 27.6 Å². The van der Waals surface area contributed by atoms with Crippen molar-refractivity contribution in [2.24, 2.45) is 0 Å². The van der Waals surface area contributed by atoms with Gasteiger partial charge < -0.3 is 15.0 Å². The van der Waals surface area contributed by atoms with E-state index in [2.05, 4.69) is 15.3 Å². The summed E-state index contributed by atoms with van der Waals surface area (Å²) in [5.74, 6) is -0.265. The van der Waals surface area contributed by atoms with Crippen molar-refractivity contribution < 1.29 is 14.3 Å². The van der Waals surface area contributed by atoms with Crippen LogP contribution in [0.15, 0.2) is 41.6 Å². The van der Waals surface area contributed by atoms with Crippen LogP contribution in [-0.2, 0) is 16.1 Å². The van der Waals surface area contributed by atoms with Gasteiger partial charge in [-0.05, 0) is 24.1 Å². The summed E-state index contributed by atoms with van der Waals surface area (Å²) < 4.78 is 6.32. The standard InChI is InChI=1S/C21H23N5O4S/c1-30-11-8-22-19(28)18-17(15-4-2-6-23-20(15)31-18)14-5-10-25(12-14)16(27)13-26-9-3-7-24-21(26)29/h2-4,6-7,9,14H,5,8,10-13H2,1H3,(H,22,28)/t14-/m1/s1. The first kappa shape index (κ1) is 21.1. The molecule has 10 heteroatoms. The number of rotatable bonds is 7. The Balaban J connectivity index is 1.55. The van der Waals surface area contributed by atoms with Gasteiger partial charge in [0.2, 0.25) is 5.91 Å². The molecule has 0 spiro atoms. The lowest BCUT2D eigenvalue weighted by molar-refractivity contribution is -0.130. The number of thiophene rings is 1. The van der Waals surface area contributed by atoms with E-state index >= 15 is 0 Å². The van der Waals surface area contributed by atoms with E-state index in [-0.39, 0.29) is 24.3 Å². The first-order valence-electron chi connectivity index (χ1n) is 10.0. The number of methoxy groups -OCH3 is 1. The average Bonchev–Trinajstić information content (AvgIpc) is 3.40. The molecule has 2 amide bonds. The van der Waals surface area contributed by atoms with Gasteiger partial charge in [0.25, 0.3) is 5.91 Å². The highest BCUT2D eigenvalue weighted by atomic mass is 32.1. The summed E-state index contributed by atoms with van der Waals surface area (Å²) >= 11 is 1.37. The Bertz CT molecular complexity index is 1160. The number of amides is 2. The summed E-state index contributed by atoms with van der Waals surface area (Å²) in [5.41, 5.74) is 0.494. The van der Waals surface area contributed by atoms with E-state index in [4.69, 9.17) is 4.74 Å². The largest absolute Gasteiger partial charge is 0.383 e. The fraction of sp³-hybridized carbons (Fsp3) is 0.381. The van der Waals surface area contributed by atoms with Gasteiger partial charge in [0, 0.05) is 56.6 Å². The lowest BCUT2D eigenvalue weighted by atomic mass is 9.95. The minimum atomic E-state index is -0.448. The molecule has 1 fully saturated rings. The van der Waals surface area contributed by atoms with Gasteiger partial charge in [0.05, 0.1) is 11.5 Å². The maximum Gasteiger partial charge on any atom is 0.347 e. The van der Waals surface area contributed by atoms with E-state index < -0.39 is 5.69 Å². The summed E-state index contributed by atoms with van der Waals surface area (Å²) in [7, 11) is 1.59. The number of ether oxygens (including phenoxy) is 1. The van der Waals surface area contributed by atoms with Gasteiger partial charge in [-0.2, -0.15) is 0 Å². The number of carbonyl (C=O) groups is 2. The monoisotopic (exact) mass is 441 g/mol. The summed E-state index contributed by atoms with van der Waals surface area (Å²) in [5, 5.41) is 3.84. The molecule has 3 aromatic heterocycles. The topological polar surface area (TPSA) is 106 Å². The second-order valence-corrected chi connectivity index (χ2v) is 8.30. The van der Waals surface area contributed by atoms with Crippen LogP contribution >= 0.6 is 11.3 Å². The molecule has 31 heavy (non-hydrogen) atoms. The van der Waals surface area contributed by atoms with Crippen molar-refractivity contribution in [3.05, 3.63) is 57.7 Å². The van der Waals surface area contributed by atoms with Crippen LogP contribution in [0.2, 0.25) is 0 Å². The third kappa shape index (κ3) is 4.49. The van der Waals surface area contributed by atoms with Crippen molar-refractivity contribution in [2.45, 2.75) is 18.9 Å². The molecule has 4 heterocycles. The van der Waals surface area contributed by atoms with Crippen LogP contribution in [0, 0.1) is 0 Å². The van der Waals surface area contributed by atoms with E-state index in [0.29, 0.717) is 31.1 Å². The summed E-state index contributed by atoms with van der Waals surface area (Å²) in [6.45, 7) is 1.87. The fourth-order valence-electron chi connectivity index (χ4n) is 3.85. The van der Waals surface area contributed by atoms with Gasteiger partial charge in [-0.15, -0.1) is 11.3 Å². The molecule has 1 aliphatic heterocycles. The Morgan fingerprint density at radius 2 is 2.13 bits per heavy atom. The van der Waals surface area contributed by atoms with E-state index in [9.17, 15) is 14.4 Å². The average molecular weight is 442 g/mol. The second kappa shape index (κ2) is 9.36. The molecule has 9 nitrogen and oxygen atoms in total. The molecule has 0 unspecified atom stereocenters. The Hall–Kier alpha value is -3.11. The lowest BCUT2D eigenvalue weighted by Gasteiger charge is -2.17. The Morgan fingerprint density at radius 1 is 1.29 bits per heavy atom.